The number of hydrogen-bond acceptors (Lipinski definition) is 3. The van der Waals surface area contributed by atoms with Crippen molar-refractivity contribution in [2.75, 3.05) is 32.1 Å². The molecule has 1 saturated heterocycles. The summed E-state index contributed by atoms with van der Waals surface area (Å²) < 4.78 is 5.89. The molecule has 4 heteroatoms. The Balaban J connectivity index is 1.80. The Morgan fingerprint density at radius 2 is 2.05 bits per heavy atom. The van der Waals surface area contributed by atoms with Crippen LogP contribution in [-0.4, -0.2) is 54.7 Å². The van der Waals surface area contributed by atoms with Crippen molar-refractivity contribution in [2.24, 2.45) is 0 Å². The lowest BCUT2D eigenvalue weighted by Crippen LogP contribution is -2.55. The summed E-state index contributed by atoms with van der Waals surface area (Å²) in [4.78, 5) is 2.50. The second-order valence-electron chi connectivity index (χ2n) is 6.44. The number of nitrogens with zero attached hydrogens (tertiary/aromatic N) is 1. The third-order valence-corrected chi connectivity index (χ3v) is 5.18. The van der Waals surface area contributed by atoms with E-state index >= 15 is 0 Å². The number of alkyl halides is 1. The van der Waals surface area contributed by atoms with E-state index in [0.717, 1.165) is 32.1 Å². The maximum absolute atomic E-state index is 6.22. The van der Waals surface area contributed by atoms with Crippen molar-refractivity contribution in [3.05, 3.63) is 0 Å². The van der Waals surface area contributed by atoms with Crippen LogP contribution in [0.25, 0.3) is 0 Å². The van der Waals surface area contributed by atoms with E-state index in [1.54, 1.807) is 0 Å². The second-order valence-corrected chi connectivity index (χ2v) is 6.70. The number of ether oxygens (including phenoxy) is 1. The van der Waals surface area contributed by atoms with Crippen molar-refractivity contribution in [1.29, 1.82) is 0 Å². The van der Waals surface area contributed by atoms with Gasteiger partial charge in [-0.2, -0.15) is 0 Å². The van der Waals surface area contributed by atoms with Crippen LogP contribution in [0.5, 0.6) is 0 Å². The lowest BCUT2D eigenvalue weighted by Gasteiger charge is -2.40. The van der Waals surface area contributed by atoms with Crippen LogP contribution < -0.4 is 5.32 Å². The van der Waals surface area contributed by atoms with Crippen LogP contribution in [0.2, 0.25) is 0 Å². The fraction of sp³-hybridized carbons (Fsp3) is 1.00. The minimum Gasteiger partial charge on any atom is -0.374 e. The Morgan fingerprint density at radius 1 is 1.32 bits per heavy atom. The zero-order valence-electron chi connectivity index (χ0n) is 12.5. The molecule has 0 spiro atoms. The van der Waals surface area contributed by atoms with Gasteiger partial charge in [0.15, 0.2) is 0 Å². The smallest absolute Gasteiger partial charge is 0.0827 e. The summed E-state index contributed by atoms with van der Waals surface area (Å²) in [5.41, 5.74) is 0.170. The third-order valence-electron chi connectivity index (χ3n) is 4.67. The standard InChI is InChI=1S/C15H29ClN2O/c1-13(2)18-8-9-19-14(11-18)10-17-15(12-16)6-4-3-5-7-15/h13-14,17H,3-12H2,1-2H3. The first-order valence-electron chi connectivity index (χ1n) is 7.82. The highest BCUT2D eigenvalue weighted by molar-refractivity contribution is 6.18. The second kappa shape index (κ2) is 7.26. The third kappa shape index (κ3) is 4.32. The van der Waals surface area contributed by atoms with E-state index in [2.05, 4.69) is 24.1 Å². The molecule has 2 fully saturated rings. The SMILES string of the molecule is CC(C)N1CCOC(CNC2(CCl)CCCCC2)C1. The molecule has 1 N–H and O–H groups in total. The molecule has 1 unspecified atom stereocenters. The summed E-state index contributed by atoms with van der Waals surface area (Å²) in [6, 6.07) is 0.614. The molecule has 19 heavy (non-hydrogen) atoms. The van der Waals surface area contributed by atoms with Crippen molar-refractivity contribution in [3.63, 3.8) is 0 Å². The van der Waals surface area contributed by atoms with Gasteiger partial charge in [0.25, 0.3) is 0 Å². The van der Waals surface area contributed by atoms with Crippen LogP contribution in [0.15, 0.2) is 0 Å². The van der Waals surface area contributed by atoms with Crippen molar-refractivity contribution in [3.8, 4) is 0 Å². The molecular weight excluding hydrogens is 260 g/mol. The molecular formula is C15H29ClN2O. The van der Waals surface area contributed by atoms with E-state index in [9.17, 15) is 0 Å². The highest BCUT2D eigenvalue weighted by atomic mass is 35.5. The van der Waals surface area contributed by atoms with Gasteiger partial charge in [-0.1, -0.05) is 19.3 Å². The van der Waals surface area contributed by atoms with Crippen molar-refractivity contribution in [2.45, 2.75) is 63.6 Å². The maximum atomic E-state index is 6.22. The topological polar surface area (TPSA) is 24.5 Å². The van der Waals surface area contributed by atoms with E-state index < -0.39 is 0 Å². The number of rotatable bonds is 5. The van der Waals surface area contributed by atoms with Crippen LogP contribution >= 0.6 is 11.6 Å². The van der Waals surface area contributed by atoms with E-state index in [1.807, 2.05) is 0 Å². The molecule has 1 aliphatic heterocycles. The molecule has 0 amide bonds. The van der Waals surface area contributed by atoms with E-state index in [0.29, 0.717) is 12.1 Å². The zero-order chi connectivity index (χ0) is 13.7. The molecule has 3 nitrogen and oxygen atoms in total. The maximum Gasteiger partial charge on any atom is 0.0827 e. The summed E-state index contributed by atoms with van der Waals surface area (Å²) in [6.45, 7) is 8.43. The minimum atomic E-state index is 0.170. The molecule has 1 heterocycles. The Bertz CT molecular complexity index is 267. The highest BCUT2D eigenvalue weighted by Gasteiger charge is 2.32. The predicted octanol–water partition coefficient (Wildman–Crippen LogP) is 2.63. The Morgan fingerprint density at radius 3 is 2.68 bits per heavy atom. The zero-order valence-corrected chi connectivity index (χ0v) is 13.2. The fourth-order valence-corrected chi connectivity index (χ4v) is 3.61. The lowest BCUT2D eigenvalue weighted by molar-refractivity contribution is -0.0405. The molecule has 1 saturated carbocycles. The van der Waals surface area contributed by atoms with Gasteiger partial charge in [0, 0.05) is 37.1 Å². The van der Waals surface area contributed by atoms with Crippen LogP contribution in [0.4, 0.5) is 0 Å². The van der Waals surface area contributed by atoms with Gasteiger partial charge in [-0.3, -0.25) is 4.90 Å². The fourth-order valence-electron chi connectivity index (χ4n) is 3.25. The molecule has 1 atom stereocenters. The van der Waals surface area contributed by atoms with Gasteiger partial charge >= 0.3 is 0 Å². The normalized spacial score (nSPS) is 28.7. The van der Waals surface area contributed by atoms with Crippen LogP contribution in [0, 0.1) is 0 Å². The van der Waals surface area contributed by atoms with Gasteiger partial charge in [0.1, 0.15) is 0 Å². The average molecular weight is 289 g/mol. The van der Waals surface area contributed by atoms with E-state index in [4.69, 9.17) is 16.3 Å². The number of morpholine rings is 1. The van der Waals surface area contributed by atoms with E-state index in [-0.39, 0.29) is 5.54 Å². The quantitative estimate of drug-likeness (QED) is 0.787. The van der Waals surface area contributed by atoms with Gasteiger partial charge in [-0.05, 0) is 26.7 Å². The van der Waals surface area contributed by atoms with Gasteiger partial charge in [0.2, 0.25) is 0 Å². The molecule has 2 aliphatic rings. The molecule has 2 rings (SSSR count). The first-order valence-corrected chi connectivity index (χ1v) is 8.35. The predicted molar refractivity (Wildman–Crippen MR) is 81.0 cm³/mol. The van der Waals surface area contributed by atoms with Gasteiger partial charge in [0.05, 0.1) is 12.7 Å². The molecule has 0 aromatic rings. The summed E-state index contributed by atoms with van der Waals surface area (Å²) in [5, 5.41) is 3.73. The average Bonchev–Trinajstić information content (AvgIpc) is 2.46. The lowest BCUT2D eigenvalue weighted by atomic mass is 9.83. The number of hydrogen-bond donors (Lipinski definition) is 1. The minimum absolute atomic E-state index is 0.170. The monoisotopic (exact) mass is 288 g/mol. The summed E-state index contributed by atoms with van der Waals surface area (Å²) in [5.74, 6) is 0.730. The summed E-state index contributed by atoms with van der Waals surface area (Å²) >= 11 is 6.22. The first-order chi connectivity index (χ1) is 9.15. The molecule has 0 aromatic carbocycles. The van der Waals surface area contributed by atoms with Crippen LogP contribution in [0.1, 0.15) is 46.0 Å². The van der Waals surface area contributed by atoms with Crippen LogP contribution in [-0.2, 0) is 4.74 Å². The number of halogens is 1. The van der Waals surface area contributed by atoms with Crippen molar-refractivity contribution < 1.29 is 4.74 Å². The Kier molecular flexibility index (Phi) is 5.94. The Labute approximate surface area is 123 Å². The van der Waals surface area contributed by atoms with Gasteiger partial charge in [-0.15, -0.1) is 11.6 Å². The van der Waals surface area contributed by atoms with Gasteiger partial charge < -0.3 is 10.1 Å². The van der Waals surface area contributed by atoms with Crippen molar-refractivity contribution >= 4 is 11.6 Å². The molecule has 0 radical (unpaired) electrons. The molecule has 0 bridgehead atoms. The number of nitrogens with one attached hydrogen (secondary N) is 1. The molecule has 112 valence electrons. The summed E-state index contributed by atoms with van der Waals surface area (Å²) in [7, 11) is 0. The largest absolute Gasteiger partial charge is 0.374 e. The Hall–Kier alpha value is 0.170. The summed E-state index contributed by atoms with van der Waals surface area (Å²) in [6.07, 6.45) is 6.74. The van der Waals surface area contributed by atoms with Crippen molar-refractivity contribution in [1.82, 2.24) is 10.2 Å². The molecule has 1 aliphatic carbocycles. The first kappa shape index (κ1) is 15.6. The van der Waals surface area contributed by atoms with Crippen LogP contribution in [0.3, 0.4) is 0 Å². The van der Waals surface area contributed by atoms with E-state index in [1.165, 1.54) is 32.1 Å². The molecule has 0 aromatic heterocycles. The van der Waals surface area contributed by atoms with Gasteiger partial charge in [-0.25, -0.2) is 0 Å². The highest BCUT2D eigenvalue weighted by Crippen LogP contribution is 2.29.